The first-order valence-electron chi connectivity index (χ1n) is 10.0. The van der Waals surface area contributed by atoms with Gasteiger partial charge in [-0.05, 0) is 37.3 Å². The SMILES string of the molecule is CC[NH+]1CCN(C=C2C(=O)N(c3ccc(OC)cc3)C(=O)c3ccccc32)CC1. The maximum atomic E-state index is 13.4. The summed E-state index contributed by atoms with van der Waals surface area (Å²) >= 11 is 0. The number of benzene rings is 2. The number of piperazine rings is 1. The second-order valence-electron chi connectivity index (χ2n) is 7.37. The Morgan fingerprint density at radius 2 is 1.62 bits per heavy atom. The number of imide groups is 1. The third kappa shape index (κ3) is 3.63. The van der Waals surface area contributed by atoms with Crippen LogP contribution in [0.2, 0.25) is 0 Å². The second-order valence-corrected chi connectivity index (χ2v) is 7.37. The minimum atomic E-state index is -0.298. The molecule has 4 rings (SSSR count). The quantitative estimate of drug-likeness (QED) is 0.632. The zero-order valence-corrected chi connectivity index (χ0v) is 16.9. The van der Waals surface area contributed by atoms with Crippen LogP contribution in [0.25, 0.3) is 5.57 Å². The Hall–Kier alpha value is -3.12. The fourth-order valence-corrected chi connectivity index (χ4v) is 3.95. The van der Waals surface area contributed by atoms with Crippen molar-refractivity contribution in [2.75, 3.05) is 44.7 Å². The molecule has 2 aromatic rings. The third-order valence-electron chi connectivity index (χ3n) is 5.73. The lowest BCUT2D eigenvalue weighted by Crippen LogP contribution is -3.14. The first-order chi connectivity index (χ1) is 14.1. The molecule has 0 aliphatic carbocycles. The maximum Gasteiger partial charge on any atom is 0.267 e. The fourth-order valence-electron chi connectivity index (χ4n) is 3.95. The van der Waals surface area contributed by atoms with E-state index in [0.717, 1.165) is 32.7 Å². The number of carbonyl (C=O) groups is 2. The van der Waals surface area contributed by atoms with Crippen LogP contribution in [0.15, 0.2) is 54.7 Å². The van der Waals surface area contributed by atoms with E-state index in [1.807, 2.05) is 24.4 Å². The normalized spacial score (nSPS) is 18.9. The number of carbonyl (C=O) groups excluding carboxylic acids is 2. The van der Waals surface area contributed by atoms with Gasteiger partial charge in [-0.3, -0.25) is 9.59 Å². The van der Waals surface area contributed by atoms with Crippen molar-refractivity contribution < 1.29 is 19.2 Å². The van der Waals surface area contributed by atoms with Crippen LogP contribution >= 0.6 is 0 Å². The van der Waals surface area contributed by atoms with E-state index in [0.29, 0.717) is 28.1 Å². The smallest absolute Gasteiger partial charge is 0.267 e. The molecular weight excluding hydrogens is 366 g/mol. The molecule has 6 heteroatoms. The van der Waals surface area contributed by atoms with Crippen molar-refractivity contribution >= 4 is 23.1 Å². The van der Waals surface area contributed by atoms with Gasteiger partial charge in [0.15, 0.2) is 0 Å². The molecule has 1 saturated heterocycles. The minimum absolute atomic E-state index is 0.288. The van der Waals surface area contributed by atoms with Crippen LogP contribution in [-0.4, -0.2) is 56.5 Å². The van der Waals surface area contributed by atoms with E-state index in [4.69, 9.17) is 4.74 Å². The maximum absolute atomic E-state index is 13.4. The van der Waals surface area contributed by atoms with Gasteiger partial charge < -0.3 is 14.5 Å². The van der Waals surface area contributed by atoms with Gasteiger partial charge in [0.05, 0.1) is 51.1 Å². The summed E-state index contributed by atoms with van der Waals surface area (Å²) in [4.78, 5) is 31.6. The molecule has 2 aliphatic rings. The van der Waals surface area contributed by atoms with Crippen LogP contribution in [0.4, 0.5) is 5.69 Å². The summed E-state index contributed by atoms with van der Waals surface area (Å²) in [6, 6.07) is 14.3. The molecule has 2 heterocycles. The molecule has 0 spiro atoms. The molecule has 0 aromatic heterocycles. The lowest BCUT2D eigenvalue weighted by Gasteiger charge is -2.33. The largest absolute Gasteiger partial charge is 0.497 e. The van der Waals surface area contributed by atoms with Gasteiger partial charge in [-0.25, -0.2) is 4.90 Å². The molecule has 29 heavy (non-hydrogen) atoms. The molecule has 0 atom stereocenters. The second kappa shape index (κ2) is 8.09. The van der Waals surface area contributed by atoms with Crippen molar-refractivity contribution in [3.05, 3.63) is 65.9 Å². The van der Waals surface area contributed by atoms with E-state index in [1.54, 1.807) is 42.3 Å². The Morgan fingerprint density at radius 3 is 2.24 bits per heavy atom. The molecule has 1 fully saturated rings. The summed E-state index contributed by atoms with van der Waals surface area (Å²) in [5, 5.41) is 0. The highest BCUT2D eigenvalue weighted by molar-refractivity contribution is 6.41. The van der Waals surface area contributed by atoms with Gasteiger partial charge in [-0.2, -0.15) is 0 Å². The molecule has 1 N–H and O–H groups in total. The van der Waals surface area contributed by atoms with Crippen molar-refractivity contribution in [2.24, 2.45) is 0 Å². The monoisotopic (exact) mass is 392 g/mol. The molecule has 2 aromatic carbocycles. The Kier molecular flexibility index (Phi) is 5.36. The molecular formula is C23H26N3O3+. The zero-order chi connectivity index (χ0) is 20.4. The molecule has 0 saturated carbocycles. The molecule has 6 nitrogen and oxygen atoms in total. The van der Waals surface area contributed by atoms with Gasteiger partial charge in [0.2, 0.25) is 0 Å². The van der Waals surface area contributed by atoms with Crippen LogP contribution in [-0.2, 0) is 4.79 Å². The van der Waals surface area contributed by atoms with E-state index in [1.165, 1.54) is 4.90 Å². The van der Waals surface area contributed by atoms with Crippen molar-refractivity contribution in [3.63, 3.8) is 0 Å². The summed E-state index contributed by atoms with van der Waals surface area (Å²) in [5.74, 6) is 0.0930. The number of anilines is 1. The van der Waals surface area contributed by atoms with E-state index < -0.39 is 0 Å². The fraction of sp³-hybridized carbons (Fsp3) is 0.304. The molecule has 150 valence electrons. The lowest BCUT2D eigenvalue weighted by atomic mass is 9.93. The lowest BCUT2D eigenvalue weighted by molar-refractivity contribution is -0.902. The predicted octanol–water partition coefficient (Wildman–Crippen LogP) is 1.44. The van der Waals surface area contributed by atoms with Crippen molar-refractivity contribution in [2.45, 2.75) is 6.92 Å². The average molecular weight is 392 g/mol. The Bertz CT molecular complexity index is 944. The van der Waals surface area contributed by atoms with Crippen LogP contribution < -0.4 is 14.5 Å². The van der Waals surface area contributed by atoms with E-state index in [-0.39, 0.29) is 11.8 Å². The number of hydrogen-bond acceptors (Lipinski definition) is 4. The average Bonchev–Trinajstić information content (AvgIpc) is 2.77. The predicted molar refractivity (Wildman–Crippen MR) is 112 cm³/mol. The number of methoxy groups -OCH3 is 1. The van der Waals surface area contributed by atoms with E-state index in [2.05, 4.69) is 11.8 Å². The standard InChI is InChI=1S/C23H25N3O3/c1-3-24-12-14-25(15-13-24)16-21-19-6-4-5-7-20(19)22(27)26(23(21)28)17-8-10-18(29-2)11-9-17/h4-11,16H,3,12-15H2,1-2H3/p+1. The van der Waals surface area contributed by atoms with Gasteiger partial charge in [-0.15, -0.1) is 0 Å². The number of nitrogens with zero attached hydrogens (tertiary/aromatic N) is 2. The highest BCUT2D eigenvalue weighted by Crippen LogP contribution is 2.33. The minimum Gasteiger partial charge on any atom is -0.497 e. The number of fused-ring (bicyclic) bond motifs is 1. The highest BCUT2D eigenvalue weighted by Gasteiger charge is 2.36. The van der Waals surface area contributed by atoms with Crippen molar-refractivity contribution in [3.8, 4) is 5.75 Å². The summed E-state index contributed by atoms with van der Waals surface area (Å²) < 4.78 is 5.20. The number of nitrogens with one attached hydrogen (secondary N) is 1. The van der Waals surface area contributed by atoms with E-state index >= 15 is 0 Å². The molecule has 2 aliphatic heterocycles. The summed E-state index contributed by atoms with van der Waals surface area (Å²) in [5.41, 5.74) is 2.36. The van der Waals surface area contributed by atoms with Gasteiger partial charge in [0.25, 0.3) is 11.8 Å². The van der Waals surface area contributed by atoms with Crippen LogP contribution in [0.5, 0.6) is 5.75 Å². The number of quaternary nitrogens is 1. The number of amides is 2. The number of rotatable bonds is 4. The van der Waals surface area contributed by atoms with Gasteiger partial charge >= 0.3 is 0 Å². The molecule has 0 bridgehead atoms. The summed E-state index contributed by atoms with van der Waals surface area (Å²) in [6.45, 7) is 7.22. The summed E-state index contributed by atoms with van der Waals surface area (Å²) in [6.07, 6.45) is 1.94. The Balaban J connectivity index is 1.72. The number of likely N-dealkylation sites (N-methyl/N-ethyl adjacent to an activating group) is 1. The van der Waals surface area contributed by atoms with Crippen molar-refractivity contribution in [1.82, 2.24) is 4.90 Å². The first kappa shape index (κ1) is 19.2. The number of hydrogen-bond donors (Lipinski definition) is 1. The van der Waals surface area contributed by atoms with Crippen LogP contribution in [0.3, 0.4) is 0 Å². The van der Waals surface area contributed by atoms with Gasteiger partial charge in [0.1, 0.15) is 5.75 Å². The highest BCUT2D eigenvalue weighted by atomic mass is 16.5. The molecule has 0 radical (unpaired) electrons. The topological polar surface area (TPSA) is 54.3 Å². The number of ether oxygens (including phenoxy) is 1. The van der Waals surface area contributed by atoms with Crippen LogP contribution in [0.1, 0.15) is 22.8 Å². The first-order valence-corrected chi connectivity index (χ1v) is 10.0. The van der Waals surface area contributed by atoms with Crippen LogP contribution in [0, 0.1) is 0 Å². The van der Waals surface area contributed by atoms with E-state index in [9.17, 15) is 9.59 Å². The van der Waals surface area contributed by atoms with Gasteiger partial charge in [-0.1, -0.05) is 18.2 Å². The summed E-state index contributed by atoms with van der Waals surface area (Å²) in [7, 11) is 1.59. The third-order valence-corrected chi connectivity index (χ3v) is 5.73. The zero-order valence-electron chi connectivity index (χ0n) is 16.9. The Labute approximate surface area is 171 Å². The van der Waals surface area contributed by atoms with Crippen molar-refractivity contribution in [1.29, 1.82) is 0 Å². The van der Waals surface area contributed by atoms with Gasteiger partial charge in [0, 0.05) is 17.3 Å². The molecule has 0 unspecified atom stereocenters. The Morgan fingerprint density at radius 1 is 0.966 bits per heavy atom. The molecule has 2 amide bonds.